The number of nitrogens with two attached hydrogens (primary N) is 1. The lowest BCUT2D eigenvalue weighted by Crippen LogP contribution is -2.50. The van der Waals surface area contributed by atoms with Gasteiger partial charge in [0, 0.05) is 19.5 Å². The Labute approximate surface area is 123 Å². The molecule has 0 saturated carbocycles. The number of nitrogens with zero attached hydrogens (tertiary/aromatic N) is 1. The number of carbonyl (C=O) groups is 2. The smallest absolute Gasteiger partial charge is 0.303 e. The Hall–Kier alpha value is -2.08. The van der Waals surface area contributed by atoms with Crippen LogP contribution in [-0.4, -0.2) is 29.6 Å². The van der Waals surface area contributed by atoms with E-state index in [1.165, 1.54) is 0 Å². The Kier molecular flexibility index (Phi) is 3.91. The number of hydrogen-bond donors (Lipinski definition) is 2. The molecule has 6 nitrogen and oxygen atoms in total. The summed E-state index contributed by atoms with van der Waals surface area (Å²) in [5.74, 6) is -0.386. The number of anilines is 1. The minimum absolute atomic E-state index is 0.0105. The van der Waals surface area contributed by atoms with Crippen LogP contribution < -0.4 is 15.4 Å². The number of ether oxygens (including phenoxy) is 1. The summed E-state index contributed by atoms with van der Waals surface area (Å²) in [6.45, 7) is 3.45. The summed E-state index contributed by atoms with van der Waals surface area (Å²) in [4.78, 5) is 24.4. The maximum absolute atomic E-state index is 12.2. The van der Waals surface area contributed by atoms with Crippen LogP contribution in [-0.2, 0) is 9.59 Å². The van der Waals surface area contributed by atoms with Crippen LogP contribution in [0.1, 0.15) is 38.3 Å². The third-order valence-corrected chi connectivity index (χ3v) is 3.63. The van der Waals surface area contributed by atoms with Gasteiger partial charge in [-0.2, -0.15) is 0 Å². The van der Waals surface area contributed by atoms with Crippen molar-refractivity contribution in [3.63, 3.8) is 0 Å². The molecule has 0 spiro atoms. The van der Waals surface area contributed by atoms with Crippen molar-refractivity contribution in [2.75, 3.05) is 11.9 Å². The summed E-state index contributed by atoms with van der Waals surface area (Å²) in [5, 5.41) is 8.71. The molecule has 2 rings (SSSR count). The van der Waals surface area contributed by atoms with Gasteiger partial charge in [-0.15, -0.1) is 0 Å². The van der Waals surface area contributed by atoms with E-state index in [0.717, 1.165) is 5.56 Å². The predicted molar refractivity (Wildman–Crippen MR) is 78.4 cm³/mol. The fourth-order valence-electron chi connectivity index (χ4n) is 2.39. The van der Waals surface area contributed by atoms with Crippen molar-refractivity contribution in [3.8, 4) is 5.75 Å². The topological polar surface area (TPSA) is 92.9 Å². The van der Waals surface area contributed by atoms with Gasteiger partial charge in [0.05, 0.1) is 5.69 Å². The molecule has 0 aliphatic carbocycles. The SMILES string of the molecule is CN1C(=O)C(C)(C)Oc2ccc(C(N)CCC(=O)O)cc21. The van der Waals surface area contributed by atoms with E-state index in [1.54, 1.807) is 37.9 Å². The van der Waals surface area contributed by atoms with E-state index in [2.05, 4.69) is 0 Å². The first-order valence-corrected chi connectivity index (χ1v) is 6.81. The number of carboxylic acid groups (broad SMARTS) is 1. The van der Waals surface area contributed by atoms with Gasteiger partial charge < -0.3 is 20.5 Å². The second-order valence-corrected chi connectivity index (χ2v) is 5.74. The van der Waals surface area contributed by atoms with Crippen molar-refractivity contribution in [3.05, 3.63) is 23.8 Å². The predicted octanol–water partition coefficient (Wildman–Crippen LogP) is 1.68. The molecular formula is C15H20N2O4. The number of aliphatic carboxylic acids is 1. The zero-order valence-corrected chi connectivity index (χ0v) is 12.4. The van der Waals surface area contributed by atoms with Crippen molar-refractivity contribution >= 4 is 17.6 Å². The van der Waals surface area contributed by atoms with Crippen LogP contribution in [0.25, 0.3) is 0 Å². The van der Waals surface area contributed by atoms with Crippen LogP contribution in [0.5, 0.6) is 5.75 Å². The van der Waals surface area contributed by atoms with Crippen LogP contribution in [0.3, 0.4) is 0 Å². The van der Waals surface area contributed by atoms with Crippen LogP contribution in [0.2, 0.25) is 0 Å². The molecule has 1 aromatic rings. The molecule has 3 N–H and O–H groups in total. The average Bonchev–Trinajstić information content (AvgIpc) is 2.42. The van der Waals surface area contributed by atoms with Gasteiger partial charge in [0.25, 0.3) is 5.91 Å². The zero-order chi connectivity index (χ0) is 15.8. The molecule has 114 valence electrons. The van der Waals surface area contributed by atoms with Crippen LogP contribution in [0.15, 0.2) is 18.2 Å². The van der Waals surface area contributed by atoms with Gasteiger partial charge in [-0.3, -0.25) is 9.59 Å². The number of hydrogen-bond acceptors (Lipinski definition) is 4. The number of benzene rings is 1. The standard InChI is InChI=1S/C15H20N2O4/c1-15(2)14(20)17(3)11-8-9(4-6-12(11)21-15)10(16)5-7-13(18)19/h4,6,8,10H,5,7,16H2,1-3H3,(H,18,19). The van der Waals surface area contributed by atoms with Crippen molar-refractivity contribution in [1.29, 1.82) is 0 Å². The lowest BCUT2D eigenvalue weighted by Gasteiger charge is -2.37. The first-order chi connectivity index (χ1) is 9.72. The number of carbonyl (C=O) groups excluding carboxylic acids is 1. The molecule has 0 aromatic heterocycles. The normalized spacial score (nSPS) is 17.9. The molecular weight excluding hydrogens is 272 g/mol. The lowest BCUT2D eigenvalue weighted by atomic mass is 9.99. The summed E-state index contributed by atoms with van der Waals surface area (Å²) < 4.78 is 5.71. The molecule has 0 fully saturated rings. The van der Waals surface area contributed by atoms with E-state index in [4.69, 9.17) is 15.6 Å². The summed E-state index contributed by atoms with van der Waals surface area (Å²) in [7, 11) is 1.69. The maximum Gasteiger partial charge on any atom is 0.303 e. The van der Waals surface area contributed by atoms with Crippen LogP contribution in [0, 0.1) is 0 Å². The Morgan fingerprint density at radius 1 is 1.48 bits per heavy atom. The van der Waals surface area contributed by atoms with Gasteiger partial charge >= 0.3 is 5.97 Å². The summed E-state index contributed by atoms with van der Waals surface area (Å²) >= 11 is 0. The van der Waals surface area contributed by atoms with Gasteiger partial charge in [0.1, 0.15) is 5.75 Å². The van der Waals surface area contributed by atoms with E-state index in [9.17, 15) is 9.59 Å². The third-order valence-electron chi connectivity index (χ3n) is 3.63. The molecule has 1 aliphatic rings. The molecule has 1 unspecified atom stereocenters. The molecule has 6 heteroatoms. The average molecular weight is 292 g/mol. The highest BCUT2D eigenvalue weighted by atomic mass is 16.5. The monoisotopic (exact) mass is 292 g/mol. The fourth-order valence-corrected chi connectivity index (χ4v) is 2.39. The molecule has 1 heterocycles. The van der Waals surface area contributed by atoms with E-state index in [1.807, 2.05) is 6.07 Å². The van der Waals surface area contributed by atoms with Crippen molar-refractivity contribution in [1.82, 2.24) is 0 Å². The van der Waals surface area contributed by atoms with Crippen molar-refractivity contribution < 1.29 is 19.4 Å². The maximum atomic E-state index is 12.2. The molecule has 1 aliphatic heterocycles. The summed E-state index contributed by atoms with van der Waals surface area (Å²) in [6.07, 6.45) is 0.356. The van der Waals surface area contributed by atoms with Crippen LogP contribution >= 0.6 is 0 Å². The highest BCUT2D eigenvalue weighted by Gasteiger charge is 2.39. The highest BCUT2D eigenvalue weighted by Crippen LogP contribution is 2.38. The molecule has 21 heavy (non-hydrogen) atoms. The zero-order valence-electron chi connectivity index (χ0n) is 12.4. The number of amides is 1. The molecule has 0 radical (unpaired) electrons. The minimum Gasteiger partial charge on any atom is -0.481 e. The van der Waals surface area contributed by atoms with Crippen LogP contribution in [0.4, 0.5) is 5.69 Å². The van der Waals surface area contributed by atoms with Gasteiger partial charge in [-0.25, -0.2) is 0 Å². The minimum atomic E-state index is -0.894. The first-order valence-electron chi connectivity index (χ1n) is 6.81. The third kappa shape index (κ3) is 3.00. The summed E-state index contributed by atoms with van der Waals surface area (Å²) in [6, 6.07) is 4.99. The Morgan fingerprint density at radius 2 is 2.14 bits per heavy atom. The molecule has 1 amide bonds. The fraction of sp³-hybridized carbons (Fsp3) is 0.467. The Morgan fingerprint density at radius 3 is 2.76 bits per heavy atom. The summed E-state index contributed by atoms with van der Waals surface area (Å²) in [5.41, 5.74) is 6.55. The van der Waals surface area contributed by atoms with E-state index >= 15 is 0 Å². The lowest BCUT2D eigenvalue weighted by molar-refractivity contribution is -0.137. The van der Waals surface area contributed by atoms with E-state index in [0.29, 0.717) is 17.9 Å². The van der Waals surface area contributed by atoms with Crippen molar-refractivity contribution in [2.45, 2.75) is 38.3 Å². The largest absolute Gasteiger partial charge is 0.481 e. The molecule has 1 atom stereocenters. The number of rotatable bonds is 4. The first kappa shape index (κ1) is 15.3. The Balaban J connectivity index is 2.27. The van der Waals surface area contributed by atoms with E-state index in [-0.39, 0.29) is 18.4 Å². The Bertz CT molecular complexity index is 583. The highest BCUT2D eigenvalue weighted by molar-refractivity contribution is 6.01. The van der Waals surface area contributed by atoms with Gasteiger partial charge in [0.2, 0.25) is 0 Å². The number of fused-ring (bicyclic) bond motifs is 1. The second kappa shape index (κ2) is 5.37. The molecule has 0 saturated heterocycles. The molecule has 0 bridgehead atoms. The van der Waals surface area contributed by atoms with E-state index < -0.39 is 11.6 Å². The van der Waals surface area contributed by atoms with Gasteiger partial charge in [-0.1, -0.05) is 6.07 Å². The number of carboxylic acids is 1. The van der Waals surface area contributed by atoms with Gasteiger partial charge in [0.15, 0.2) is 5.60 Å². The quantitative estimate of drug-likeness (QED) is 0.880. The molecule has 1 aromatic carbocycles. The second-order valence-electron chi connectivity index (χ2n) is 5.74. The van der Waals surface area contributed by atoms with Gasteiger partial charge in [-0.05, 0) is 38.0 Å². The van der Waals surface area contributed by atoms with Crippen molar-refractivity contribution in [2.24, 2.45) is 5.73 Å². The number of likely N-dealkylation sites (N-methyl/N-ethyl adjacent to an activating group) is 1.